The van der Waals surface area contributed by atoms with Crippen LogP contribution < -0.4 is 10.6 Å². The summed E-state index contributed by atoms with van der Waals surface area (Å²) >= 11 is 23.6. The maximum absolute atomic E-state index is 11.8. The minimum absolute atomic E-state index is 0.0934. The van der Waals surface area contributed by atoms with Crippen LogP contribution in [-0.4, -0.2) is 6.03 Å². The van der Waals surface area contributed by atoms with Gasteiger partial charge in [0.2, 0.25) is 0 Å². The fourth-order valence-electron chi connectivity index (χ4n) is 1.47. The van der Waals surface area contributed by atoms with Crippen LogP contribution in [0.15, 0.2) is 36.4 Å². The molecule has 0 spiro atoms. The third-order valence-corrected chi connectivity index (χ3v) is 4.13. The van der Waals surface area contributed by atoms with E-state index < -0.39 is 6.03 Å². The number of carbonyl (C=O) groups excluding carboxylic acids is 1. The van der Waals surface area contributed by atoms with E-state index in [1.807, 2.05) is 6.07 Å². The van der Waals surface area contributed by atoms with E-state index in [4.69, 9.17) is 46.4 Å². The zero-order valence-electron chi connectivity index (χ0n) is 9.88. The molecule has 0 heterocycles. The maximum atomic E-state index is 11.8. The Morgan fingerprint density at radius 1 is 0.850 bits per heavy atom. The first-order valence-corrected chi connectivity index (χ1v) is 6.96. The van der Waals surface area contributed by atoms with Crippen LogP contribution in [-0.2, 0) is 0 Å². The number of urea groups is 1. The van der Waals surface area contributed by atoms with Crippen LogP contribution in [0.3, 0.4) is 0 Å². The van der Waals surface area contributed by atoms with Gasteiger partial charge in [0.15, 0.2) is 0 Å². The standard InChI is InChI=1S/C13H8Cl4N2O/c14-8-6-9(11(16)12(17)10(8)15)19-13(20)18-7-4-2-1-3-5-7/h1-6H,(H2,18,19,20). The lowest BCUT2D eigenvalue weighted by Gasteiger charge is -2.11. The third kappa shape index (κ3) is 3.49. The van der Waals surface area contributed by atoms with Crippen LogP contribution in [0.25, 0.3) is 0 Å². The van der Waals surface area contributed by atoms with Crippen molar-refractivity contribution in [2.24, 2.45) is 0 Å². The summed E-state index contributed by atoms with van der Waals surface area (Å²) < 4.78 is 0. The van der Waals surface area contributed by atoms with Gasteiger partial charge in [-0.2, -0.15) is 0 Å². The Kier molecular flexibility index (Phi) is 5.00. The van der Waals surface area contributed by atoms with E-state index in [-0.39, 0.29) is 25.8 Å². The molecule has 0 bridgehead atoms. The van der Waals surface area contributed by atoms with Crippen molar-refractivity contribution in [1.29, 1.82) is 0 Å². The molecular formula is C13H8Cl4N2O. The van der Waals surface area contributed by atoms with Crippen LogP contribution in [0.1, 0.15) is 0 Å². The first kappa shape index (κ1) is 15.3. The highest BCUT2D eigenvalue weighted by molar-refractivity contribution is 6.52. The summed E-state index contributed by atoms with van der Waals surface area (Å²) in [7, 11) is 0. The Morgan fingerprint density at radius 3 is 2.15 bits per heavy atom. The van der Waals surface area contributed by atoms with Gasteiger partial charge >= 0.3 is 6.03 Å². The van der Waals surface area contributed by atoms with Crippen molar-refractivity contribution >= 4 is 63.8 Å². The highest BCUT2D eigenvalue weighted by Gasteiger charge is 2.15. The monoisotopic (exact) mass is 348 g/mol. The lowest BCUT2D eigenvalue weighted by atomic mass is 10.3. The highest BCUT2D eigenvalue weighted by Crippen LogP contribution is 2.40. The Bertz CT molecular complexity index is 647. The summed E-state index contributed by atoms with van der Waals surface area (Å²) in [6, 6.07) is 9.93. The van der Waals surface area contributed by atoms with Gasteiger partial charge in [0.1, 0.15) is 0 Å². The zero-order chi connectivity index (χ0) is 14.7. The summed E-state index contributed by atoms with van der Waals surface area (Å²) in [5.74, 6) is 0. The molecule has 0 unspecified atom stereocenters. The molecule has 2 aromatic rings. The first-order valence-electron chi connectivity index (χ1n) is 5.45. The molecular weight excluding hydrogens is 342 g/mol. The van der Waals surface area contributed by atoms with Crippen LogP contribution in [0.2, 0.25) is 20.1 Å². The maximum Gasteiger partial charge on any atom is 0.323 e. The molecule has 0 aliphatic heterocycles. The van der Waals surface area contributed by atoms with Crippen LogP contribution >= 0.6 is 46.4 Å². The van der Waals surface area contributed by atoms with Gasteiger partial charge in [-0.05, 0) is 18.2 Å². The number of para-hydroxylation sites is 1. The Balaban J connectivity index is 2.16. The number of anilines is 2. The second-order valence-electron chi connectivity index (χ2n) is 3.79. The molecule has 0 saturated heterocycles. The van der Waals surface area contributed by atoms with Crippen molar-refractivity contribution < 1.29 is 4.79 Å². The molecule has 20 heavy (non-hydrogen) atoms. The molecule has 0 aromatic heterocycles. The van der Waals surface area contributed by atoms with Crippen LogP contribution in [0, 0.1) is 0 Å². The molecule has 0 aliphatic rings. The fourth-order valence-corrected chi connectivity index (χ4v) is 2.32. The van der Waals surface area contributed by atoms with Crippen molar-refractivity contribution in [2.75, 3.05) is 10.6 Å². The average molecular weight is 350 g/mol. The molecule has 2 rings (SSSR count). The second-order valence-corrected chi connectivity index (χ2v) is 5.33. The van der Waals surface area contributed by atoms with Crippen molar-refractivity contribution in [3.8, 4) is 0 Å². The predicted molar refractivity (Wildman–Crippen MR) is 85.6 cm³/mol. The van der Waals surface area contributed by atoms with Gasteiger partial charge in [0.05, 0.1) is 25.8 Å². The topological polar surface area (TPSA) is 41.1 Å². The number of carbonyl (C=O) groups is 1. The van der Waals surface area contributed by atoms with Crippen molar-refractivity contribution in [3.63, 3.8) is 0 Å². The summed E-state index contributed by atoms with van der Waals surface area (Å²) in [5, 5.41) is 5.77. The average Bonchev–Trinajstić information content (AvgIpc) is 2.43. The normalized spacial score (nSPS) is 10.2. The molecule has 3 nitrogen and oxygen atoms in total. The first-order chi connectivity index (χ1) is 9.49. The van der Waals surface area contributed by atoms with Crippen molar-refractivity contribution in [3.05, 3.63) is 56.5 Å². The molecule has 0 radical (unpaired) electrons. The number of hydrogen-bond donors (Lipinski definition) is 2. The van der Waals surface area contributed by atoms with Gasteiger partial charge in [-0.1, -0.05) is 64.6 Å². The molecule has 0 fully saturated rings. The van der Waals surface area contributed by atoms with Gasteiger partial charge in [-0.3, -0.25) is 0 Å². The number of rotatable bonds is 2. The number of hydrogen-bond acceptors (Lipinski definition) is 1. The van der Waals surface area contributed by atoms with E-state index in [0.29, 0.717) is 5.69 Å². The van der Waals surface area contributed by atoms with Crippen LogP contribution in [0.4, 0.5) is 16.2 Å². The molecule has 104 valence electrons. The number of benzene rings is 2. The highest BCUT2D eigenvalue weighted by atomic mass is 35.5. The zero-order valence-corrected chi connectivity index (χ0v) is 12.9. The van der Waals surface area contributed by atoms with Crippen molar-refractivity contribution in [2.45, 2.75) is 0 Å². The molecule has 0 atom stereocenters. The number of halogens is 4. The minimum Gasteiger partial charge on any atom is -0.308 e. The summed E-state index contributed by atoms with van der Waals surface area (Å²) in [5.41, 5.74) is 0.923. The van der Waals surface area contributed by atoms with Crippen molar-refractivity contribution in [1.82, 2.24) is 0 Å². The van der Waals surface area contributed by atoms with Gasteiger partial charge < -0.3 is 10.6 Å². The van der Waals surface area contributed by atoms with Gasteiger partial charge in [-0.15, -0.1) is 0 Å². The minimum atomic E-state index is -0.465. The van der Waals surface area contributed by atoms with Gasteiger partial charge in [-0.25, -0.2) is 4.79 Å². The Morgan fingerprint density at radius 2 is 1.50 bits per heavy atom. The van der Waals surface area contributed by atoms with E-state index in [1.54, 1.807) is 24.3 Å². The van der Waals surface area contributed by atoms with Gasteiger partial charge in [0, 0.05) is 5.69 Å². The second kappa shape index (κ2) is 6.55. The smallest absolute Gasteiger partial charge is 0.308 e. The summed E-state index contributed by atoms with van der Waals surface area (Å²) in [6.45, 7) is 0. The molecule has 0 saturated carbocycles. The van der Waals surface area contributed by atoms with E-state index >= 15 is 0 Å². The lowest BCUT2D eigenvalue weighted by Crippen LogP contribution is -2.19. The summed E-state index contributed by atoms with van der Waals surface area (Å²) in [4.78, 5) is 11.8. The number of amides is 2. The van der Waals surface area contributed by atoms with E-state index in [1.165, 1.54) is 6.07 Å². The van der Waals surface area contributed by atoms with Gasteiger partial charge in [0.25, 0.3) is 0 Å². The molecule has 7 heteroatoms. The summed E-state index contributed by atoms with van der Waals surface area (Å²) in [6.07, 6.45) is 0. The SMILES string of the molecule is O=C(Nc1ccccc1)Nc1cc(Cl)c(Cl)c(Cl)c1Cl. The quantitative estimate of drug-likeness (QED) is 0.510. The third-order valence-electron chi connectivity index (χ3n) is 2.38. The number of nitrogens with one attached hydrogen (secondary N) is 2. The lowest BCUT2D eigenvalue weighted by molar-refractivity contribution is 0.262. The Labute approximate surface area is 135 Å². The molecule has 0 aliphatic carbocycles. The fraction of sp³-hybridized carbons (Fsp3) is 0. The van der Waals surface area contributed by atoms with E-state index in [0.717, 1.165) is 0 Å². The molecule has 2 amide bonds. The van der Waals surface area contributed by atoms with E-state index in [9.17, 15) is 4.79 Å². The molecule has 2 aromatic carbocycles. The van der Waals surface area contributed by atoms with E-state index in [2.05, 4.69) is 10.6 Å². The van der Waals surface area contributed by atoms with Crippen LogP contribution in [0.5, 0.6) is 0 Å². The molecule has 2 N–H and O–H groups in total. The predicted octanol–water partition coefficient (Wildman–Crippen LogP) is 5.94. The Hall–Kier alpha value is -1.13. The largest absolute Gasteiger partial charge is 0.323 e.